The second-order valence-corrected chi connectivity index (χ2v) is 10.5. The summed E-state index contributed by atoms with van der Waals surface area (Å²) in [6, 6.07) is 8.83. The van der Waals surface area contributed by atoms with Gasteiger partial charge in [0.2, 0.25) is 0 Å². The third-order valence-corrected chi connectivity index (χ3v) is 6.36. The number of piperazine rings is 1. The van der Waals surface area contributed by atoms with Crippen LogP contribution < -0.4 is 0 Å². The van der Waals surface area contributed by atoms with Gasteiger partial charge in [-0.15, -0.1) is 0 Å². The quantitative estimate of drug-likeness (QED) is 0.525. The predicted octanol–water partition coefficient (Wildman–Crippen LogP) is 3.82. The summed E-state index contributed by atoms with van der Waals surface area (Å²) in [4.78, 5) is 19.0. The standard InChI is InChI=1S/C23H36IN3O3/c1-23(2,3)30-22(28)27-10-8-21(9-11-27)29-17-16-25-12-14-26(15-13-25)18-19-4-6-20(24)7-5-19/h4-7,21H,8-18H2,1-3H3. The molecule has 6 nitrogen and oxygen atoms in total. The Morgan fingerprint density at radius 3 is 2.20 bits per heavy atom. The van der Waals surface area contributed by atoms with Gasteiger partial charge < -0.3 is 14.4 Å². The lowest BCUT2D eigenvalue weighted by Crippen LogP contribution is -2.47. The van der Waals surface area contributed by atoms with E-state index in [2.05, 4.69) is 56.7 Å². The fourth-order valence-corrected chi connectivity index (χ4v) is 4.26. The smallest absolute Gasteiger partial charge is 0.410 e. The fourth-order valence-electron chi connectivity index (χ4n) is 3.90. The van der Waals surface area contributed by atoms with E-state index in [0.29, 0.717) is 0 Å². The number of piperidine rings is 1. The molecule has 0 radical (unpaired) electrons. The second kappa shape index (κ2) is 11.1. The first-order chi connectivity index (χ1) is 14.3. The number of halogens is 1. The molecule has 0 unspecified atom stereocenters. The molecular weight excluding hydrogens is 493 g/mol. The fraction of sp³-hybridized carbons (Fsp3) is 0.696. The zero-order valence-corrected chi connectivity index (χ0v) is 20.8. The maximum absolute atomic E-state index is 12.1. The van der Waals surface area contributed by atoms with Gasteiger partial charge >= 0.3 is 6.09 Å². The van der Waals surface area contributed by atoms with Gasteiger partial charge in [-0.2, -0.15) is 0 Å². The molecular formula is C23H36IN3O3. The molecule has 2 aliphatic rings. The Bertz CT molecular complexity index is 661. The predicted molar refractivity (Wildman–Crippen MR) is 128 cm³/mol. The molecule has 0 aromatic heterocycles. The van der Waals surface area contributed by atoms with Crippen LogP contribution in [0.15, 0.2) is 24.3 Å². The maximum atomic E-state index is 12.1. The van der Waals surface area contributed by atoms with Gasteiger partial charge in [-0.05, 0) is 73.9 Å². The molecule has 0 saturated carbocycles. The van der Waals surface area contributed by atoms with Crippen molar-refractivity contribution in [1.82, 2.24) is 14.7 Å². The van der Waals surface area contributed by atoms with E-state index < -0.39 is 5.60 Å². The van der Waals surface area contributed by atoms with E-state index in [9.17, 15) is 4.79 Å². The SMILES string of the molecule is CC(C)(C)OC(=O)N1CCC(OCCN2CCN(Cc3ccc(I)cc3)CC2)CC1. The van der Waals surface area contributed by atoms with Crippen LogP contribution in [0.5, 0.6) is 0 Å². The van der Waals surface area contributed by atoms with Gasteiger partial charge in [-0.25, -0.2) is 4.79 Å². The molecule has 1 aromatic rings. The van der Waals surface area contributed by atoms with Gasteiger partial charge in [-0.1, -0.05) is 12.1 Å². The van der Waals surface area contributed by atoms with Crippen LogP contribution in [0.25, 0.3) is 0 Å². The van der Waals surface area contributed by atoms with Crippen LogP contribution in [-0.4, -0.2) is 84.9 Å². The average molecular weight is 529 g/mol. The summed E-state index contributed by atoms with van der Waals surface area (Å²) >= 11 is 2.35. The highest BCUT2D eigenvalue weighted by Crippen LogP contribution is 2.17. The van der Waals surface area contributed by atoms with Crippen molar-refractivity contribution in [3.05, 3.63) is 33.4 Å². The summed E-state index contributed by atoms with van der Waals surface area (Å²) in [6.07, 6.45) is 1.83. The minimum absolute atomic E-state index is 0.205. The Hall–Kier alpha value is -0.900. The van der Waals surface area contributed by atoms with Crippen molar-refractivity contribution in [2.24, 2.45) is 0 Å². The second-order valence-electron chi connectivity index (χ2n) is 9.28. The minimum atomic E-state index is -0.436. The first kappa shape index (κ1) is 23.8. The minimum Gasteiger partial charge on any atom is -0.444 e. The van der Waals surface area contributed by atoms with Crippen molar-refractivity contribution in [3.8, 4) is 0 Å². The number of carbonyl (C=O) groups excluding carboxylic acids is 1. The third kappa shape index (κ3) is 7.98. The van der Waals surface area contributed by atoms with E-state index in [0.717, 1.165) is 71.8 Å². The zero-order valence-electron chi connectivity index (χ0n) is 18.6. The van der Waals surface area contributed by atoms with E-state index in [4.69, 9.17) is 9.47 Å². The number of amides is 1. The average Bonchev–Trinajstić information content (AvgIpc) is 2.70. The number of benzene rings is 1. The van der Waals surface area contributed by atoms with Gasteiger partial charge in [-0.3, -0.25) is 9.80 Å². The number of hydrogen-bond acceptors (Lipinski definition) is 5. The molecule has 1 aromatic carbocycles. The molecule has 0 bridgehead atoms. The largest absolute Gasteiger partial charge is 0.444 e. The summed E-state index contributed by atoms with van der Waals surface area (Å²) < 4.78 is 12.9. The van der Waals surface area contributed by atoms with Gasteiger partial charge in [0, 0.05) is 55.9 Å². The Morgan fingerprint density at radius 2 is 1.60 bits per heavy atom. The van der Waals surface area contributed by atoms with E-state index in [1.807, 2.05) is 20.8 Å². The van der Waals surface area contributed by atoms with Gasteiger partial charge in [0.25, 0.3) is 0 Å². The van der Waals surface area contributed by atoms with Crippen molar-refractivity contribution in [3.63, 3.8) is 0 Å². The van der Waals surface area contributed by atoms with Crippen LogP contribution in [0.4, 0.5) is 4.79 Å². The highest BCUT2D eigenvalue weighted by atomic mass is 127. The first-order valence-corrected chi connectivity index (χ1v) is 12.1. The first-order valence-electron chi connectivity index (χ1n) is 11.1. The highest BCUT2D eigenvalue weighted by molar-refractivity contribution is 14.1. The molecule has 2 saturated heterocycles. The highest BCUT2D eigenvalue weighted by Gasteiger charge is 2.27. The van der Waals surface area contributed by atoms with E-state index in [-0.39, 0.29) is 12.2 Å². The molecule has 3 rings (SSSR count). The molecule has 2 heterocycles. The lowest BCUT2D eigenvalue weighted by Gasteiger charge is -2.36. The number of carbonyl (C=O) groups is 1. The van der Waals surface area contributed by atoms with Crippen molar-refractivity contribution >= 4 is 28.7 Å². The molecule has 0 atom stereocenters. The van der Waals surface area contributed by atoms with Crippen molar-refractivity contribution in [2.75, 3.05) is 52.4 Å². The maximum Gasteiger partial charge on any atom is 0.410 e. The van der Waals surface area contributed by atoms with Crippen LogP contribution in [0.2, 0.25) is 0 Å². The van der Waals surface area contributed by atoms with Crippen LogP contribution in [0, 0.1) is 3.57 Å². The third-order valence-electron chi connectivity index (χ3n) is 5.64. The number of nitrogens with zero attached hydrogens (tertiary/aromatic N) is 3. The Kier molecular flexibility index (Phi) is 8.80. The lowest BCUT2D eigenvalue weighted by atomic mass is 10.1. The molecule has 7 heteroatoms. The van der Waals surface area contributed by atoms with Crippen LogP contribution in [0.3, 0.4) is 0 Å². The van der Waals surface area contributed by atoms with Crippen molar-refractivity contribution < 1.29 is 14.3 Å². The molecule has 0 spiro atoms. The normalized spacial score (nSPS) is 19.8. The summed E-state index contributed by atoms with van der Waals surface area (Å²) in [6.45, 7) is 14.4. The van der Waals surface area contributed by atoms with E-state index >= 15 is 0 Å². The molecule has 2 aliphatic heterocycles. The molecule has 168 valence electrons. The van der Waals surface area contributed by atoms with Crippen molar-refractivity contribution in [2.45, 2.75) is 51.9 Å². The number of rotatable bonds is 6. The summed E-state index contributed by atoms with van der Waals surface area (Å²) in [5.74, 6) is 0. The van der Waals surface area contributed by atoms with Crippen LogP contribution in [0.1, 0.15) is 39.2 Å². The molecule has 1 amide bonds. The molecule has 2 fully saturated rings. The summed E-state index contributed by atoms with van der Waals surface area (Å²) in [7, 11) is 0. The Morgan fingerprint density at radius 1 is 1.00 bits per heavy atom. The summed E-state index contributed by atoms with van der Waals surface area (Å²) in [5.41, 5.74) is 0.957. The molecule has 0 N–H and O–H groups in total. The van der Waals surface area contributed by atoms with Gasteiger partial charge in [0.15, 0.2) is 0 Å². The molecule has 0 aliphatic carbocycles. The van der Waals surface area contributed by atoms with Gasteiger partial charge in [0.1, 0.15) is 5.60 Å². The van der Waals surface area contributed by atoms with E-state index in [1.165, 1.54) is 9.13 Å². The lowest BCUT2D eigenvalue weighted by molar-refractivity contribution is -0.0186. The number of ether oxygens (including phenoxy) is 2. The summed E-state index contributed by atoms with van der Waals surface area (Å²) in [5, 5.41) is 0. The molecule has 30 heavy (non-hydrogen) atoms. The number of hydrogen-bond donors (Lipinski definition) is 0. The Balaban J connectivity index is 1.27. The van der Waals surface area contributed by atoms with E-state index in [1.54, 1.807) is 4.90 Å². The Labute approximate surface area is 195 Å². The zero-order chi connectivity index (χ0) is 21.6. The van der Waals surface area contributed by atoms with Crippen molar-refractivity contribution in [1.29, 1.82) is 0 Å². The van der Waals surface area contributed by atoms with Crippen LogP contribution >= 0.6 is 22.6 Å². The van der Waals surface area contributed by atoms with Crippen LogP contribution in [-0.2, 0) is 16.0 Å². The number of likely N-dealkylation sites (tertiary alicyclic amines) is 1. The van der Waals surface area contributed by atoms with Gasteiger partial charge in [0.05, 0.1) is 12.7 Å². The topological polar surface area (TPSA) is 45.2 Å². The monoisotopic (exact) mass is 529 g/mol.